The standard InChI is InChI=1S/C6H6N3O4/c1-2-12-5(11)4-8-9-6(13-4)7-3-10/h2H2,1H3,(H,7,9,10). The maximum atomic E-state index is 10.9. The normalized spacial score (nSPS) is 9.31. The molecule has 69 valence electrons. The second-order valence-corrected chi connectivity index (χ2v) is 1.86. The minimum atomic E-state index is -0.728. The lowest BCUT2D eigenvalue weighted by molar-refractivity contribution is 0.0481. The van der Waals surface area contributed by atoms with Crippen molar-refractivity contribution in [1.82, 2.24) is 10.2 Å². The average molecular weight is 184 g/mol. The van der Waals surface area contributed by atoms with Crippen LogP contribution < -0.4 is 5.32 Å². The second kappa shape index (κ2) is 4.19. The largest absolute Gasteiger partial charge is 0.459 e. The van der Waals surface area contributed by atoms with Crippen LogP contribution in [0.2, 0.25) is 0 Å². The number of nitrogens with zero attached hydrogens (tertiary/aromatic N) is 2. The van der Waals surface area contributed by atoms with Crippen LogP contribution in [0, 0.1) is 0 Å². The van der Waals surface area contributed by atoms with Crippen LogP contribution in [0.15, 0.2) is 4.42 Å². The van der Waals surface area contributed by atoms with Crippen LogP contribution in [0.4, 0.5) is 6.01 Å². The van der Waals surface area contributed by atoms with E-state index in [1.54, 1.807) is 6.92 Å². The summed E-state index contributed by atoms with van der Waals surface area (Å²) in [7, 11) is 0. The number of hydrogen-bond acceptors (Lipinski definition) is 6. The Morgan fingerprint density at radius 2 is 2.46 bits per heavy atom. The number of anilines is 1. The number of esters is 1. The quantitative estimate of drug-likeness (QED) is 0.511. The molecule has 0 unspecified atom stereocenters. The number of carbonyl (C=O) groups is 1. The Hall–Kier alpha value is -1.92. The SMILES string of the molecule is CCOC(=O)c1nnc(N[C]=O)o1. The predicted molar refractivity (Wildman–Crippen MR) is 39.6 cm³/mol. The highest BCUT2D eigenvalue weighted by Crippen LogP contribution is 2.04. The topological polar surface area (TPSA) is 94.3 Å². The number of nitrogens with one attached hydrogen (secondary N) is 1. The van der Waals surface area contributed by atoms with Gasteiger partial charge in [0.1, 0.15) is 0 Å². The molecule has 0 fully saturated rings. The molecule has 0 aromatic carbocycles. The van der Waals surface area contributed by atoms with Crippen molar-refractivity contribution < 1.29 is 18.7 Å². The number of aromatic nitrogens is 2. The molecule has 7 nitrogen and oxygen atoms in total. The van der Waals surface area contributed by atoms with Crippen molar-refractivity contribution >= 4 is 18.4 Å². The first-order valence-electron chi connectivity index (χ1n) is 3.41. The lowest BCUT2D eigenvalue weighted by Gasteiger charge is -1.93. The molecule has 1 radical (unpaired) electrons. The van der Waals surface area contributed by atoms with Crippen LogP contribution in [0.1, 0.15) is 17.6 Å². The van der Waals surface area contributed by atoms with Crippen molar-refractivity contribution in [2.45, 2.75) is 6.92 Å². The lowest BCUT2D eigenvalue weighted by Crippen LogP contribution is -2.04. The van der Waals surface area contributed by atoms with Crippen molar-refractivity contribution in [2.24, 2.45) is 0 Å². The third-order valence-corrected chi connectivity index (χ3v) is 1.03. The van der Waals surface area contributed by atoms with E-state index in [2.05, 4.69) is 19.4 Å². The van der Waals surface area contributed by atoms with Gasteiger partial charge in [0, 0.05) is 0 Å². The third-order valence-electron chi connectivity index (χ3n) is 1.03. The van der Waals surface area contributed by atoms with E-state index in [9.17, 15) is 9.59 Å². The Morgan fingerprint density at radius 1 is 1.69 bits per heavy atom. The number of amides is 1. The van der Waals surface area contributed by atoms with Gasteiger partial charge in [-0.3, -0.25) is 10.1 Å². The first-order chi connectivity index (χ1) is 6.27. The van der Waals surface area contributed by atoms with E-state index >= 15 is 0 Å². The fourth-order valence-electron chi connectivity index (χ4n) is 0.593. The minimum absolute atomic E-state index is 0.196. The monoisotopic (exact) mass is 184 g/mol. The molecule has 0 bridgehead atoms. The van der Waals surface area contributed by atoms with Gasteiger partial charge < -0.3 is 9.15 Å². The molecule has 1 aromatic rings. The third kappa shape index (κ3) is 2.26. The van der Waals surface area contributed by atoms with Crippen molar-refractivity contribution in [3.8, 4) is 0 Å². The number of hydrogen-bond donors (Lipinski definition) is 1. The van der Waals surface area contributed by atoms with Gasteiger partial charge in [-0.15, -0.1) is 0 Å². The van der Waals surface area contributed by atoms with Crippen LogP contribution in [-0.4, -0.2) is 29.2 Å². The summed E-state index contributed by atoms with van der Waals surface area (Å²) >= 11 is 0. The average Bonchev–Trinajstić information content (AvgIpc) is 2.54. The summed E-state index contributed by atoms with van der Waals surface area (Å²) < 4.78 is 9.23. The summed E-state index contributed by atoms with van der Waals surface area (Å²) in [5.74, 6) is -1.03. The van der Waals surface area contributed by atoms with Gasteiger partial charge in [0.2, 0.25) is 0 Å². The van der Waals surface area contributed by atoms with Crippen molar-refractivity contribution in [3.63, 3.8) is 0 Å². The molecule has 7 heteroatoms. The molecule has 1 rings (SSSR count). The Balaban J connectivity index is 2.67. The molecule has 0 saturated heterocycles. The maximum absolute atomic E-state index is 10.9. The first kappa shape index (κ1) is 9.17. The molecule has 0 spiro atoms. The Kier molecular flexibility index (Phi) is 2.96. The van der Waals surface area contributed by atoms with Crippen LogP contribution >= 0.6 is 0 Å². The Bertz CT molecular complexity index is 309. The molecule has 0 atom stereocenters. The van der Waals surface area contributed by atoms with Crippen LogP contribution in [0.3, 0.4) is 0 Å². The summed E-state index contributed by atoms with van der Waals surface area (Å²) in [5.41, 5.74) is 0. The molecule has 1 heterocycles. The fourth-order valence-corrected chi connectivity index (χ4v) is 0.593. The van der Waals surface area contributed by atoms with E-state index in [1.165, 1.54) is 6.41 Å². The molecular formula is C6H6N3O4. The number of rotatable bonds is 4. The molecule has 1 N–H and O–H groups in total. The van der Waals surface area contributed by atoms with Crippen molar-refractivity contribution in [2.75, 3.05) is 11.9 Å². The first-order valence-corrected chi connectivity index (χ1v) is 3.41. The highest BCUT2D eigenvalue weighted by molar-refractivity contribution is 5.84. The molecule has 0 aliphatic heterocycles. The molecule has 0 aliphatic carbocycles. The Morgan fingerprint density at radius 3 is 3.08 bits per heavy atom. The van der Waals surface area contributed by atoms with Crippen LogP contribution in [0.25, 0.3) is 0 Å². The van der Waals surface area contributed by atoms with Gasteiger partial charge in [0.25, 0.3) is 0 Å². The summed E-state index contributed by atoms with van der Waals surface area (Å²) in [4.78, 5) is 20.7. The molecule has 1 aromatic heterocycles. The van der Waals surface area contributed by atoms with Gasteiger partial charge in [0.15, 0.2) is 0 Å². The summed E-state index contributed by atoms with van der Waals surface area (Å²) in [6, 6.07) is -0.196. The summed E-state index contributed by atoms with van der Waals surface area (Å²) in [5, 5.41) is 8.61. The summed E-state index contributed by atoms with van der Waals surface area (Å²) in [6.07, 6.45) is 1.32. The minimum Gasteiger partial charge on any atom is -0.459 e. The number of ether oxygens (including phenoxy) is 1. The van der Waals surface area contributed by atoms with Gasteiger partial charge in [-0.05, 0) is 6.92 Å². The van der Waals surface area contributed by atoms with Crippen LogP contribution in [-0.2, 0) is 9.53 Å². The molecule has 1 amide bonds. The van der Waals surface area contributed by atoms with Gasteiger partial charge in [-0.1, -0.05) is 10.2 Å². The van der Waals surface area contributed by atoms with E-state index in [-0.39, 0.29) is 18.5 Å². The molecule has 0 aliphatic rings. The van der Waals surface area contributed by atoms with Crippen LogP contribution in [0.5, 0.6) is 0 Å². The second-order valence-electron chi connectivity index (χ2n) is 1.86. The zero-order chi connectivity index (χ0) is 9.68. The van der Waals surface area contributed by atoms with Gasteiger partial charge >= 0.3 is 24.3 Å². The Labute approximate surface area is 73.1 Å². The van der Waals surface area contributed by atoms with Crippen molar-refractivity contribution in [1.29, 1.82) is 0 Å². The maximum Gasteiger partial charge on any atom is 0.396 e. The molecule has 0 saturated carbocycles. The van der Waals surface area contributed by atoms with E-state index in [0.717, 1.165) is 0 Å². The van der Waals surface area contributed by atoms with E-state index in [0.29, 0.717) is 0 Å². The zero-order valence-corrected chi connectivity index (χ0v) is 6.73. The van der Waals surface area contributed by atoms with E-state index < -0.39 is 5.97 Å². The summed E-state index contributed by atoms with van der Waals surface area (Å²) in [6.45, 7) is 1.86. The fraction of sp³-hybridized carbons (Fsp3) is 0.333. The van der Waals surface area contributed by atoms with Crippen molar-refractivity contribution in [3.05, 3.63) is 5.89 Å². The van der Waals surface area contributed by atoms with Gasteiger partial charge in [0.05, 0.1) is 6.61 Å². The lowest BCUT2D eigenvalue weighted by atomic mass is 10.7. The van der Waals surface area contributed by atoms with E-state index in [1.807, 2.05) is 5.32 Å². The smallest absolute Gasteiger partial charge is 0.396 e. The number of carbonyl (C=O) groups excluding carboxylic acids is 2. The predicted octanol–water partition coefficient (Wildman–Crippen LogP) is -0.275. The molecule has 13 heavy (non-hydrogen) atoms. The highest BCUT2D eigenvalue weighted by atomic mass is 16.5. The van der Waals surface area contributed by atoms with E-state index in [4.69, 9.17) is 0 Å². The van der Waals surface area contributed by atoms with Gasteiger partial charge in [-0.25, -0.2) is 4.79 Å². The zero-order valence-electron chi connectivity index (χ0n) is 6.73. The highest BCUT2D eigenvalue weighted by Gasteiger charge is 2.15. The van der Waals surface area contributed by atoms with Gasteiger partial charge in [-0.2, -0.15) is 0 Å². The molecular weight excluding hydrogens is 178 g/mol.